The lowest BCUT2D eigenvalue weighted by Gasteiger charge is -2.22. The number of hydrogen-bond acceptors (Lipinski definition) is 3. The van der Waals surface area contributed by atoms with E-state index in [1.807, 2.05) is 39.5 Å². The van der Waals surface area contributed by atoms with E-state index in [4.69, 9.17) is 4.74 Å². The van der Waals surface area contributed by atoms with Crippen LogP contribution in [0.15, 0.2) is 0 Å². The highest BCUT2D eigenvalue weighted by molar-refractivity contribution is 5.81. The third-order valence-electron chi connectivity index (χ3n) is 2.30. The minimum atomic E-state index is -0.480. The van der Waals surface area contributed by atoms with E-state index < -0.39 is 5.60 Å². The molecule has 0 radical (unpaired) electrons. The van der Waals surface area contributed by atoms with Crippen molar-refractivity contribution in [1.29, 1.82) is 0 Å². The number of ether oxygens (including phenoxy) is 1. The van der Waals surface area contributed by atoms with Gasteiger partial charge >= 0.3 is 5.97 Å². The average molecular weight is 257 g/mol. The molecule has 0 rings (SSSR count). The average Bonchev–Trinajstić information content (AvgIpc) is 2.23. The van der Waals surface area contributed by atoms with Crippen molar-refractivity contribution in [3.8, 4) is 0 Å². The number of esters is 1. The first-order valence-electron chi connectivity index (χ1n) is 6.79. The van der Waals surface area contributed by atoms with Crippen LogP contribution in [0.25, 0.3) is 0 Å². The van der Waals surface area contributed by atoms with Crippen molar-refractivity contribution in [2.24, 2.45) is 0 Å². The molecule has 106 valence electrons. The molecule has 0 fully saturated rings. The van der Waals surface area contributed by atoms with Crippen LogP contribution in [0.1, 0.15) is 60.3 Å². The number of carbonyl (C=O) groups is 2. The molecule has 0 saturated heterocycles. The quantitative estimate of drug-likeness (QED) is 0.659. The van der Waals surface area contributed by atoms with Gasteiger partial charge in [-0.1, -0.05) is 13.8 Å². The van der Waals surface area contributed by atoms with Crippen LogP contribution in [0, 0.1) is 0 Å². The van der Waals surface area contributed by atoms with Gasteiger partial charge in [0.1, 0.15) is 5.60 Å². The van der Waals surface area contributed by atoms with Crippen molar-refractivity contribution < 1.29 is 14.3 Å². The van der Waals surface area contributed by atoms with Gasteiger partial charge in [0.05, 0.1) is 6.42 Å². The Morgan fingerprint density at radius 1 is 1.00 bits per heavy atom. The Bertz CT molecular complexity index is 263. The largest absolute Gasteiger partial charge is 0.460 e. The van der Waals surface area contributed by atoms with Crippen LogP contribution in [-0.4, -0.2) is 35.5 Å². The van der Waals surface area contributed by atoms with E-state index in [-0.39, 0.29) is 24.7 Å². The van der Waals surface area contributed by atoms with Crippen molar-refractivity contribution in [3.63, 3.8) is 0 Å². The molecule has 0 N–H and O–H groups in total. The Hall–Kier alpha value is -1.06. The van der Waals surface area contributed by atoms with E-state index >= 15 is 0 Å². The lowest BCUT2D eigenvalue weighted by Crippen LogP contribution is -2.33. The molecule has 0 saturated carbocycles. The van der Waals surface area contributed by atoms with Gasteiger partial charge in [-0.15, -0.1) is 0 Å². The Morgan fingerprint density at radius 2 is 1.50 bits per heavy atom. The highest BCUT2D eigenvalue weighted by atomic mass is 16.6. The van der Waals surface area contributed by atoms with Crippen LogP contribution in [0.2, 0.25) is 0 Å². The van der Waals surface area contributed by atoms with Crippen molar-refractivity contribution in [2.75, 3.05) is 13.1 Å². The molecule has 0 aliphatic carbocycles. The number of amides is 1. The van der Waals surface area contributed by atoms with Gasteiger partial charge in [0, 0.05) is 19.5 Å². The first kappa shape index (κ1) is 16.9. The number of hydrogen-bond donors (Lipinski definition) is 0. The summed E-state index contributed by atoms with van der Waals surface area (Å²) in [5, 5.41) is 0. The van der Waals surface area contributed by atoms with Gasteiger partial charge in [-0.3, -0.25) is 9.59 Å². The van der Waals surface area contributed by atoms with Crippen LogP contribution in [0.3, 0.4) is 0 Å². The fraction of sp³-hybridized carbons (Fsp3) is 0.857. The smallest absolute Gasteiger partial charge is 0.306 e. The molecule has 1 amide bonds. The summed E-state index contributed by atoms with van der Waals surface area (Å²) in [6, 6.07) is 0. The maximum Gasteiger partial charge on any atom is 0.306 e. The predicted molar refractivity (Wildman–Crippen MR) is 72.2 cm³/mol. The first-order valence-corrected chi connectivity index (χ1v) is 6.79. The van der Waals surface area contributed by atoms with Crippen LogP contribution in [-0.2, 0) is 14.3 Å². The molecule has 0 aromatic carbocycles. The summed E-state index contributed by atoms with van der Waals surface area (Å²) >= 11 is 0. The lowest BCUT2D eigenvalue weighted by atomic mass is 10.2. The van der Waals surface area contributed by atoms with E-state index in [1.165, 1.54) is 0 Å². The van der Waals surface area contributed by atoms with Gasteiger partial charge in [0.25, 0.3) is 0 Å². The molecule has 0 aromatic rings. The molecule has 0 atom stereocenters. The number of nitrogens with zero attached hydrogens (tertiary/aromatic N) is 1. The Kier molecular flexibility index (Phi) is 7.64. The van der Waals surface area contributed by atoms with Crippen molar-refractivity contribution >= 4 is 11.9 Å². The molecule has 4 nitrogen and oxygen atoms in total. The Balaban J connectivity index is 4.10. The first-order chi connectivity index (χ1) is 8.30. The summed E-state index contributed by atoms with van der Waals surface area (Å²) in [5.74, 6) is -0.256. The zero-order valence-electron chi connectivity index (χ0n) is 12.4. The molecule has 18 heavy (non-hydrogen) atoms. The lowest BCUT2D eigenvalue weighted by molar-refractivity contribution is -0.156. The van der Waals surface area contributed by atoms with Gasteiger partial charge in [-0.25, -0.2) is 0 Å². The maximum absolute atomic E-state index is 11.9. The van der Waals surface area contributed by atoms with E-state index in [9.17, 15) is 9.59 Å². The summed E-state index contributed by atoms with van der Waals surface area (Å²) < 4.78 is 5.18. The fourth-order valence-corrected chi connectivity index (χ4v) is 1.66. The number of carbonyl (C=O) groups excluding carboxylic acids is 2. The second kappa shape index (κ2) is 8.11. The second-order valence-electron chi connectivity index (χ2n) is 5.47. The molecule has 0 unspecified atom stereocenters. The van der Waals surface area contributed by atoms with Gasteiger partial charge in [-0.05, 0) is 33.6 Å². The predicted octanol–water partition coefficient (Wildman–Crippen LogP) is 2.76. The molecule has 0 spiro atoms. The van der Waals surface area contributed by atoms with Crippen LogP contribution < -0.4 is 0 Å². The summed E-state index contributed by atoms with van der Waals surface area (Å²) in [6.07, 6.45) is 2.30. The third kappa shape index (κ3) is 8.09. The van der Waals surface area contributed by atoms with E-state index in [1.54, 1.807) is 0 Å². The molecule has 0 aliphatic heterocycles. The maximum atomic E-state index is 11.9. The minimum absolute atomic E-state index is 0.0459. The zero-order chi connectivity index (χ0) is 14.2. The molecule has 0 heterocycles. The summed E-state index contributed by atoms with van der Waals surface area (Å²) in [7, 11) is 0. The summed E-state index contributed by atoms with van der Waals surface area (Å²) in [4.78, 5) is 25.2. The Labute approximate surface area is 111 Å². The summed E-state index contributed by atoms with van der Waals surface area (Å²) in [5.41, 5.74) is -0.480. The van der Waals surface area contributed by atoms with E-state index in [2.05, 4.69) is 0 Å². The molecule has 0 bridgehead atoms. The Morgan fingerprint density at radius 3 is 1.89 bits per heavy atom. The topological polar surface area (TPSA) is 46.6 Å². The molecule has 0 aliphatic rings. The van der Waals surface area contributed by atoms with E-state index in [0.29, 0.717) is 0 Å². The van der Waals surface area contributed by atoms with Crippen LogP contribution in [0.5, 0.6) is 0 Å². The van der Waals surface area contributed by atoms with Gasteiger partial charge in [-0.2, -0.15) is 0 Å². The number of rotatable bonds is 7. The van der Waals surface area contributed by atoms with Gasteiger partial charge in [0.15, 0.2) is 0 Å². The van der Waals surface area contributed by atoms with E-state index in [0.717, 1.165) is 25.9 Å². The minimum Gasteiger partial charge on any atom is -0.460 e. The van der Waals surface area contributed by atoms with Crippen LogP contribution in [0.4, 0.5) is 0 Å². The van der Waals surface area contributed by atoms with Gasteiger partial charge < -0.3 is 9.64 Å². The summed E-state index contributed by atoms with van der Waals surface area (Å²) in [6.45, 7) is 11.1. The molecular weight excluding hydrogens is 230 g/mol. The SMILES string of the molecule is CCCN(CCC)C(=O)CCC(=O)OC(C)(C)C. The second-order valence-corrected chi connectivity index (χ2v) is 5.47. The molecule has 4 heteroatoms. The standard InChI is InChI=1S/C14H27NO3/c1-6-10-15(11-7-2)12(16)8-9-13(17)18-14(3,4)5/h6-11H2,1-5H3. The molecular formula is C14H27NO3. The normalized spacial score (nSPS) is 11.2. The third-order valence-corrected chi connectivity index (χ3v) is 2.30. The highest BCUT2D eigenvalue weighted by Gasteiger charge is 2.18. The van der Waals surface area contributed by atoms with Gasteiger partial charge in [0.2, 0.25) is 5.91 Å². The van der Waals surface area contributed by atoms with Crippen molar-refractivity contribution in [1.82, 2.24) is 4.90 Å². The van der Waals surface area contributed by atoms with Crippen molar-refractivity contribution in [2.45, 2.75) is 65.9 Å². The highest BCUT2D eigenvalue weighted by Crippen LogP contribution is 2.10. The zero-order valence-corrected chi connectivity index (χ0v) is 12.4. The monoisotopic (exact) mass is 257 g/mol. The molecule has 0 aromatic heterocycles. The van der Waals surface area contributed by atoms with Crippen LogP contribution >= 0.6 is 0 Å². The fourth-order valence-electron chi connectivity index (χ4n) is 1.66. The van der Waals surface area contributed by atoms with Crippen molar-refractivity contribution in [3.05, 3.63) is 0 Å².